The second kappa shape index (κ2) is 8.77. The Morgan fingerprint density at radius 3 is 2.26 bits per heavy atom. The molecule has 7 nitrogen and oxygen atoms in total. The zero-order valence-corrected chi connectivity index (χ0v) is 16.6. The molecule has 0 heterocycles. The predicted octanol–water partition coefficient (Wildman–Crippen LogP) is 2.89. The maximum Gasteiger partial charge on any atom is 0.262 e. The second-order valence-corrected chi connectivity index (χ2v) is 7.98. The summed E-state index contributed by atoms with van der Waals surface area (Å²) in [6, 6.07) is 10.5. The molecule has 0 aromatic heterocycles. The van der Waals surface area contributed by atoms with Gasteiger partial charge < -0.3 is 14.8 Å². The van der Waals surface area contributed by atoms with E-state index < -0.39 is 10.0 Å². The Hall–Kier alpha value is -2.74. The molecule has 0 aliphatic heterocycles. The summed E-state index contributed by atoms with van der Waals surface area (Å²) in [7, 11) is -0.919. The zero-order chi connectivity index (χ0) is 20.0. The molecule has 0 aliphatic rings. The van der Waals surface area contributed by atoms with E-state index in [4.69, 9.17) is 9.47 Å². The Morgan fingerprint density at radius 2 is 1.70 bits per heavy atom. The lowest BCUT2D eigenvalue weighted by Crippen LogP contribution is -2.27. The number of rotatable bonds is 8. The van der Waals surface area contributed by atoms with Gasteiger partial charge in [0, 0.05) is 18.2 Å². The highest BCUT2D eigenvalue weighted by Crippen LogP contribution is 2.30. The molecule has 0 unspecified atom stereocenters. The van der Waals surface area contributed by atoms with Gasteiger partial charge in [0.2, 0.25) is 0 Å². The summed E-state index contributed by atoms with van der Waals surface area (Å²) in [6.07, 6.45) is 0. The summed E-state index contributed by atoms with van der Waals surface area (Å²) in [4.78, 5) is 12.1. The van der Waals surface area contributed by atoms with Crippen molar-refractivity contribution >= 4 is 21.6 Å². The fourth-order valence-electron chi connectivity index (χ4n) is 2.28. The Bertz CT molecular complexity index is 893. The smallest absolute Gasteiger partial charge is 0.262 e. The molecule has 27 heavy (non-hydrogen) atoms. The molecule has 0 spiro atoms. The van der Waals surface area contributed by atoms with E-state index >= 15 is 0 Å². The van der Waals surface area contributed by atoms with Crippen LogP contribution in [-0.2, 0) is 10.0 Å². The van der Waals surface area contributed by atoms with Crippen LogP contribution in [0.1, 0.15) is 24.2 Å². The fourth-order valence-corrected chi connectivity index (χ4v) is 3.34. The van der Waals surface area contributed by atoms with Gasteiger partial charge in [0.05, 0.1) is 24.8 Å². The Morgan fingerprint density at radius 1 is 1.04 bits per heavy atom. The van der Waals surface area contributed by atoms with Crippen LogP contribution in [-0.4, -0.2) is 35.1 Å². The third-order valence-corrected chi connectivity index (χ3v) is 5.13. The van der Waals surface area contributed by atoms with E-state index in [-0.39, 0.29) is 16.5 Å². The summed E-state index contributed by atoms with van der Waals surface area (Å²) >= 11 is 0. The number of hydrogen-bond donors (Lipinski definition) is 2. The molecule has 146 valence electrons. The first kappa shape index (κ1) is 20.6. The molecule has 0 saturated carbocycles. The zero-order valence-electron chi connectivity index (χ0n) is 15.8. The Labute approximate surface area is 159 Å². The van der Waals surface area contributed by atoms with Gasteiger partial charge in [-0.2, -0.15) is 0 Å². The van der Waals surface area contributed by atoms with E-state index in [1.54, 1.807) is 12.1 Å². The number of hydrogen-bond acceptors (Lipinski definition) is 5. The molecule has 0 bridgehead atoms. The van der Waals surface area contributed by atoms with Crippen LogP contribution in [0.2, 0.25) is 0 Å². The average Bonchev–Trinajstić information content (AvgIpc) is 2.65. The molecular weight excluding hydrogens is 368 g/mol. The molecule has 2 aromatic rings. The van der Waals surface area contributed by atoms with E-state index in [0.717, 1.165) is 0 Å². The van der Waals surface area contributed by atoms with Crippen LogP contribution in [0.25, 0.3) is 0 Å². The summed E-state index contributed by atoms with van der Waals surface area (Å²) in [5.41, 5.74) is 0.657. The van der Waals surface area contributed by atoms with Crippen molar-refractivity contribution in [2.24, 2.45) is 5.92 Å². The monoisotopic (exact) mass is 392 g/mol. The van der Waals surface area contributed by atoms with Gasteiger partial charge in [-0.15, -0.1) is 0 Å². The largest absolute Gasteiger partial charge is 0.497 e. The van der Waals surface area contributed by atoms with Crippen LogP contribution < -0.4 is 19.5 Å². The van der Waals surface area contributed by atoms with Gasteiger partial charge in [-0.25, -0.2) is 8.42 Å². The molecule has 1 amide bonds. The Kier molecular flexibility index (Phi) is 6.68. The quantitative estimate of drug-likeness (QED) is 0.720. The number of ether oxygens (including phenoxy) is 2. The molecular formula is C19H24N2O5S. The standard InChI is InChI=1S/C19H24N2O5S/c1-13(2)12-20-19(22)14-5-8-16(9-6-14)27(23,24)21-17-11-15(25-3)7-10-18(17)26-4/h5-11,13,21H,12H2,1-4H3,(H,20,22). The van der Waals surface area contributed by atoms with E-state index in [1.165, 1.54) is 44.6 Å². The van der Waals surface area contributed by atoms with Crippen LogP contribution >= 0.6 is 0 Å². The number of benzene rings is 2. The summed E-state index contributed by atoms with van der Waals surface area (Å²) < 4.78 is 38.1. The molecule has 2 aromatic carbocycles. The first-order valence-electron chi connectivity index (χ1n) is 8.40. The van der Waals surface area contributed by atoms with Gasteiger partial charge in [0.25, 0.3) is 15.9 Å². The normalized spacial score (nSPS) is 11.1. The van der Waals surface area contributed by atoms with E-state index in [2.05, 4.69) is 10.0 Å². The molecule has 0 radical (unpaired) electrons. The van der Waals surface area contributed by atoms with Gasteiger partial charge >= 0.3 is 0 Å². The van der Waals surface area contributed by atoms with Crippen LogP contribution in [0.5, 0.6) is 11.5 Å². The SMILES string of the molecule is COc1ccc(OC)c(NS(=O)(=O)c2ccc(C(=O)NCC(C)C)cc2)c1. The molecule has 0 saturated heterocycles. The molecule has 0 fully saturated rings. The molecule has 2 rings (SSSR count). The number of carbonyl (C=O) groups is 1. The number of nitrogens with one attached hydrogen (secondary N) is 2. The van der Waals surface area contributed by atoms with Crippen LogP contribution in [0.3, 0.4) is 0 Å². The lowest BCUT2D eigenvalue weighted by atomic mass is 10.2. The minimum atomic E-state index is -3.86. The number of carbonyl (C=O) groups excluding carboxylic acids is 1. The minimum Gasteiger partial charge on any atom is -0.497 e. The van der Waals surface area contributed by atoms with Gasteiger partial charge in [-0.05, 0) is 42.3 Å². The van der Waals surface area contributed by atoms with Gasteiger partial charge in [0.1, 0.15) is 11.5 Å². The molecule has 0 aliphatic carbocycles. The van der Waals surface area contributed by atoms with Crippen molar-refractivity contribution in [2.75, 3.05) is 25.5 Å². The third-order valence-electron chi connectivity index (χ3n) is 3.75. The summed E-state index contributed by atoms with van der Waals surface area (Å²) in [5.74, 6) is 0.945. The predicted molar refractivity (Wildman–Crippen MR) is 104 cm³/mol. The third kappa shape index (κ3) is 5.37. The van der Waals surface area contributed by atoms with Crippen molar-refractivity contribution in [1.29, 1.82) is 0 Å². The highest BCUT2D eigenvalue weighted by Gasteiger charge is 2.18. The van der Waals surface area contributed by atoms with Gasteiger partial charge in [0.15, 0.2) is 0 Å². The first-order valence-corrected chi connectivity index (χ1v) is 9.88. The van der Waals surface area contributed by atoms with Crippen LogP contribution in [0.4, 0.5) is 5.69 Å². The average molecular weight is 392 g/mol. The highest BCUT2D eigenvalue weighted by atomic mass is 32.2. The maximum atomic E-state index is 12.7. The van der Waals surface area contributed by atoms with Crippen molar-refractivity contribution in [3.05, 3.63) is 48.0 Å². The van der Waals surface area contributed by atoms with Crippen molar-refractivity contribution in [1.82, 2.24) is 5.32 Å². The summed E-state index contributed by atoms with van der Waals surface area (Å²) in [5, 5.41) is 2.79. The maximum absolute atomic E-state index is 12.7. The minimum absolute atomic E-state index is 0.0350. The van der Waals surface area contributed by atoms with Crippen molar-refractivity contribution < 1.29 is 22.7 Å². The molecule has 0 atom stereocenters. The van der Waals surface area contributed by atoms with E-state index in [0.29, 0.717) is 29.5 Å². The van der Waals surface area contributed by atoms with Crippen molar-refractivity contribution in [3.63, 3.8) is 0 Å². The molecule has 8 heteroatoms. The highest BCUT2D eigenvalue weighted by molar-refractivity contribution is 7.92. The van der Waals surface area contributed by atoms with E-state index in [9.17, 15) is 13.2 Å². The first-order chi connectivity index (χ1) is 12.8. The topological polar surface area (TPSA) is 93.7 Å². The second-order valence-electron chi connectivity index (χ2n) is 6.30. The van der Waals surface area contributed by atoms with Gasteiger partial charge in [-0.3, -0.25) is 9.52 Å². The molecule has 2 N–H and O–H groups in total. The number of methoxy groups -OCH3 is 2. The summed E-state index contributed by atoms with van der Waals surface area (Å²) in [6.45, 7) is 4.54. The fraction of sp³-hybridized carbons (Fsp3) is 0.316. The number of amides is 1. The number of anilines is 1. The lowest BCUT2D eigenvalue weighted by molar-refractivity contribution is 0.0949. The van der Waals surface area contributed by atoms with Crippen LogP contribution in [0, 0.1) is 5.92 Å². The van der Waals surface area contributed by atoms with Crippen molar-refractivity contribution in [3.8, 4) is 11.5 Å². The van der Waals surface area contributed by atoms with E-state index in [1.807, 2.05) is 13.8 Å². The van der Waals surface area contributed by atoms with Crippen LogP contribution in [0.15, 0.2) is 47.4 Å². The number of sulfonamides is 1. The van der Waals surface area contributed by atoms with Crippen molar-refractivity contribution in [2.45, 2.75) is 18.7 Å². The lowest BCUT2D eigenvalue weighted by Gasteiger charge is -2.13. The van der Waals surface area contributed by atoms with Gasteiger partial charge in [-0.1, -0.05) is 13.8 Å². The Balaban J connectivity index is 2.21.